The van der Waals surface area contributed by atoms with Crippen LogP contribution in [0.2, 0.25) is 0 Å². The first kappa shape index (κ1) is 23.2. The molecule has 0 N–H and O–H groups in total. The van der Waals surface area contributed by atoms with Crippen LogP contribution < -0.4 is 0 Å². The molecule has 0 radical (unpaired) electrons. The summed E-state index contributed by atoms with van der Waals surface area (Å²) in [4.78, 5) is 5.27. The van der Waals surface area contributed by atoms with Gasteiger partial charge in [-0.1, -0.05) is 77.6 Å². The van der Waals surface area contributed by atoms with E-state index in [9.17, 15) is 0 Å². The minimum Gasteiger partial charge on any atom is -0.299 e. The molecule has 150 valence electrons. The highest BCUT2D eigenvalue weighted by Gasteiger charge is 2.07. The molecule has 0 spiro atoms. The van der Waals surface area contributed by atoms with Crippen molar-refractivity contribution in [1.82, 2.24) is 9.80 Å². The first-order valence-electron chi connectivity index (χ1n) is 11.3. The largest absolute Gasteiger partial charge is 0.299 e. The second-order valence-corrected chi connectivity index (χ2v) is 7.78. The van der Waals surface area contributed by atoms with E-state index in [1.165, 1.54) is 88.7 Å². The second-order valence-electron chi connectivity index (χ2n) is 7.78. The predicted octanol–water partition coefficient (Wildman–Crippen LogP) is 6.49. The zero-order chi connectivity index (χ0) is 19.0. The number of hydrogen-bond donors (Lipinski definition) is 0. The number of rotatable bonds is 16. The fourth-order valence-electron chi connectivity index (χ4n) is 3.33. The van der Waals surface area contributed by atoms with Crippen LogP contribution in [0.3, 0.4) is 0 Å². The van der Waals surface area contributed by atoms with Gasteiger partial charge in [-0.05, 0) is 63.0 Å². The predicted molar refractivity (Wildman–Crippen MR) is 117 cm³/mol. The van der Waals surface area contributed by atoms with Crippen molar-refractivity contribution in [1.29, 1.82) is 0 Å². The van der Waals surface area contributed by atoms with E-state index in [1.54, 1.807) is 0 Å². The van der Waals surface area contributed by atoms with Crippen molar-refractivity contribution in [2.75, 3.05) is 26.2 Å². The molecule has 0 aliphatic rings. The van der Waals surface area contributed by atoms with Crippen molar-refractivity contribution < 1.29 is 0 Å². The maximum Gasteiger partial charge on any atom is 0.0233 e. The molecule has 0 saturated carbocycles. The molecule has 0 amide bonds. The second kappa shape index (κ2) is 15.2. The van der Waals surface area contributed by atoms with Gasteiger partial charge < -0.3 is 0 Å². The van der Waals surface area contributed by atoms with Crippen molar-refractivity contribution in [2.45, 2.75) is 92.2 Å². The summed E-state index contributed by atoms with van der Waals surface area (Å²) in [6.45, 7) is 16.3. The highest BCUT2D eigenvalue weighted by molar-refractivity contribution is 5.22. The Balaban J connectivity index is 2.58. The Labute approximate surface area is 164 Å². The molecule has 1 aromatic carbocycles. The molecular formula is C24H44N2. The fraction of sp³-hybridized carbons (Fsp3) is 0.750. The summed E-state index contributed by atoms with van der Waals surface area (Å²) < 4.78 is 0. The van der Waals surface area contributed by atoms with Gasteiger partial charge in [-0.15, -0.1) is 0 Å². The van der Waals surface area contributed by atoms with Crippen LogP contribution in [0.15, 0.2) is 24.3 Å². The smallest absolute Gasteiger partial charge is 0.0233 e. The Morgan fingerprint density at radius 3 is 1.00 bits per heavy atom. The molecule has 2 heteroatoms. The SMILES string of the molecule is CCCCN(CCCC)Cc1ccc(CN(CCCC)CCCC)cc1. The van der Waals surface area contributed by atoms with E-state index < -0.39 is 0 Å². The summed E-state index contributed by atoms with van der Waals surface area (Å²) >= 11 is 0. The molecule has 0 heterocycles. The van der Waals surface area contributed by atoms with Crippen LogP contribution in [-0.2, 0) is 13.1 Å². The van der Waals surface area contributed by atoms with Crippen molar-refractivity contribution in [2.24, 2.45) is 0 Å². The monoisotopic (exact) mass is 360 g/mol. The molecule has 1 rings (SSSR count). The van der Waals surface area contributed by atoms with E-state index >= 15 is 0 Å². The van der Waals surface area contributed by atoms with Crippen molar-refractivity contribution in [3.63, 3.8) is 0 Å². The first-order chi connectivity index (χ1) is 12.7. The van der Waals surface area contributed by atoms with Crippen molar-refractivity contribution in [3.05, 3.63) is 35.4 Å². The van der Waals surface area contributed by atoms with Crippen LogP contribution >= 0.6 is 0 Å². The summed E-state index contributed by atoms with van der Waals surface area (Å²) in [7, 11) is 0. The minimum absolute atomic E-state index is 1.11. The van der Waals surface area contributed by atoms with Crippen LogP contribution in [-0.4, -0.2) is 36.0 Å². The Morgan fingerprint density at radius 2 is 0.769 bits per heavy atom. The van der Waals surface area contributed by atoms with Gasteiger partial charge in [0, 0.05) is 13.1 Å². The topological polar surface area (TPSA) is 6.48 Å². The molecule has 0 fully saturated rings. The summed E-state index contributed by atoms with van der Waals surface area (Å²) in [6.07, 6.45) is 10.4. The third-order valence-corrected chi connectivity index (χ3v) is 5.15. The fourth-order valence-corrected chi connectivity index (χ4v) is 3.33. The molecule has 0 unspecified atom stereocenters. The Hall–Kier alpha value is -0.860. The first-order valence-corrected chi connectivity index (χ1v) is 11.3. The highest BCUT2D eigenvalue weighted by Crippen LogP contribution is 2.12. The van der Waals surface area contributed by atoms with E-state index in [-0.39, 0.29) is 0 Å². The molecule has 0 saturated heterocycles. The van der Waals surface area contributed by atoms with Gasteiger partial charge in [-0.25, -0.2) is 0 Å². The van der Waals surface area contributed by atoms with Crippen LogP contribution in [0.25, 0.3) is 0 Å². The van der Waals surface area contributed by atoms with Crippen LogP contribution in [0, 0.1) is 0 Å². The van der Waals surface area contributed by atoms with Gasteiger partial charge in [-0.3, -0.25) is 9.80 Å². The highest BCUT2D eigenvalue weighted by atomic mass is 15.1. The van der Waals surface area contributed by atoms with Gasteiger partial charge in [0.1, 0.15) is 0 Å². The molecular weight excluding hydrogens is 316 g/mol. The molecule has 0 aromatic heterocycles. The van der Waals surface area contributed by atoms with Crippen LogP contribution in [0.5, 0.6) is 0 Å². The lowest BCUT2D eigenvalue weighted by Gasteiger charge is -2.23. The zero-order valence-corrected chi connectivity index (χ0v) is 18.1. The lowest BCUT2D eigenvalue weighted by Crippen LogP contribution is -2.26. The lowest BCUT2D eigenvalue weighted by atomic mass is 10.1. The van der Waals surface area contributed by atoms with Gasteiger partial charge in [0.25, 0.3) is 0 Å². The maximum absolute atomic E-state index is 2.64. The molecule has 1 aromatic rings. The van der Waals surface area contributed by atoms with E-state index in [4.69, 9.17) is 0 Å². The quantitative estimate of drug-likeness (QED) is 0.332. The summed E-state index contributed by atoms with van der Waals surface area (Å²) in [5, 5.41) is 0. The van der Waals surface area contributed by atoms with Crippen molar-refractivity contribution in [3.8, 4) is 0 Å². The number of nitrogens with zero attached hydrogens (tertiary/aromatic N) is 2. The summed E-state index contributed by atoms with van der Waals surface area (Å²) in [6, 6.07) is 9.44. The zero-order valence-electron chi connectivity index (χ0n) is 18.1. The lowest BCUT2D eigenvalue weighted by molar-refractivity contribution is 0.255. The van der Waals surface area contributed by atoms with E-state index in [0.29, 0.717) is 0 Å². The van der Waals surface area contributed by atoms with E-state index in [1.807, 2.05) is 0 Å². The minimum atomic E-state index is 1.11. The normalized spacial score (nSPS) is 11.6. The molecule has 0 atom stereocenters. The van der Waals surface area contributed by atoms with Gasteiger partial charge in [-0.2, -0.15) is 0 Å². The average molecular weight is 361 g/mol. The molecule has 0 bridgehead atoms. The van der Waals surface area contributed by atoms with Gasteiger partial charge in [0.2, 0.25) is 0 Å². The van der Waals surface area contributed by atoms with E-state index in [2.05, 4.69) is 61.8 Å². The third kappa shape index (κ3) is 10.3. The third-order valence-electron chi connectivity index (χ3n) is 5.15. The number of hydrogen-bond acceptors (Lipinski definition) is 2. The standard InChI is InChI=1S/C24H44N2/c1-5-9-17-25(18-10-6-2)21-23-13-15-24(16-14-23)22-26(19-11-7-3)20-12-8-4/h13-16H,5-12,17-22H2,1-4H3. The van der Waals surface area contributed by atoms with Gasteiger partial charge >= 0.3 is 0 Å². The maximum atomic E-state index is 2.64. The molecule has 26 heavy (non-hydrogen) atoms. The molecule has 0 aliphatic heterocycles. The average Bonchev–Trinajstić information content (AvgIpc) is 2.67. The van der Waals surface area contributed by atoms with Crippen LogP contribution in [0.1, 0.15) is 90.2 Å². The molecule has 2 nitrogen and oxygen atoms in total. The van der Waals surface area contributed by atoms with Crippen LogP contribution in [0.4, 0.5) is 0 Å². The Morgan fingerprint density at radius 1 is 0.500 bits per heavy atom. The van der Waals surface area contributed by atoms with Crippen molar-refractivity contribution >= 4 is 0 Å². The number of unbranched alkanes of at least 4 members (excludes halogenated alkanes) is 4. The number of benzene rings is 1. The molecule has 0 aliphatic carbocycles. The van der Waals surface area contributed by atoms with Gasteiger partial charge in [0.05, 0.1) is 0 Å². The Bertz CT molecular complexity index is 369. The van der Waals surface area contributed by atoms with E-state index in [0.717, 1.165) is 13.1 Å². The Kier molecular flexibility index (Phi) is 13.6. The van der Waals surface area contributed by atoms with Gasteiger partial charge in [0.15, 0.2) is 0 Å². The summed E-state index contributed by atoms with van der Waals surface area (Å²) in [5.41, 5.74) is 2.93. The summed E-state index contributed by atoms with van der Waals surface area (Å²) in [5.74, 6) is 0.